The van der Waals surface area contributed by atoms with E-state index in [1.807, 2.05) is 0 Å². The Labute approximate surface area is 69.4 Å². The third-order valence-electron chi connectivity index (χ3n) is 0.966. The second-order valence-corrected chi connectivity index (χ2v) is 1.98. The van der Waals surface area contributed by atoms with Gasteiger partial charge >= 0.3 is 6.18 Å². The van der Waals surface area contributed by atoms with Crippen molar-refractivity contribution in [1.29, 1.82) is 0 Å². The normalized spacial score (nSPS) is 11.3. The van der Waals surface area contributed by atoms with Gasteiger partial charge in [-0.05, 0) is 10.3 Å². The molecule has 0 fully saturated rings. The molecule has 1 rings (SSSR count). The summed E-state index contributed by atoms with van der Waals surface area (Å²) >= 11 is 0. The first-order chi connectivity index (χ1) is 6.03. The Kier molecular flexibility index (Phi) is 2.49. The summed E-state index contributed by atoms with van der Waals surface area (Å²) in [7, 11) is 0. The molecule has 5 nitrogen and oxygen atoms in total. The zero-order valence-electron chi connectivity index (χ0n) is 6.04. The van der Waals surface area contributed by atoms with Crippen LogP contribution in [0.2, 0.25) is 0 Å². The van der Waals surface area contributed by atoms with Gasteiger partial charge in [0.2, 0.25) is 5.69 Å². The maximum atomic E-state index is 11.6. The molecule has 0 atom stereocenters. The first-order valence-corrected chi connectivity index (χ1v) is 3.00. The van der Waals surface area contributed by atoms with Crippen LogP contribution in [-0.4, -0.2) is 29.4 Å². The standard InChI is InChI=1S/C5H3F3N2O3/c6-5(7,8)2-12-4-3(1-11)9-13-10-4/h1H,2H2. The molecule has 0 unspecified atom stereocenters. The lowest BCUT2D eigenvalue weighted by Gasteiger charge is -2.04. The van der Waals surface area contributed by atoms with Crippen molar-refractivity contribution in [2.45, 2.75) is 6.18 Å². The number of ether oxygens (including phenoxy) is 1. The van der Waals surface area contributed by atoms with Crippen molar-refractivity contribution in [2.75, 3.05) is 6.61 Å². The molecule has 8 heteroatoms. The minimum Gasteiger partial charge on any atom is -0.464 e. The quantitative estimate of drug-likeness (QED) is 0.669. The lowest BCUT2D eigenvalue weighted by atomic mass is 10.5. The summed E-state index contributed by atoms with van der Waals surface area (Å²) in [5.41, 5.74) is -0.399. The second kappa shape index (κ2) is 3.42. The van der Waals surface area contributed by atoms with Gasteiger partial charge in [0, 0.05) is 0 Å². The molecule has 1 aromatic rings. The molecular weight excluding hydrogens is 193 g/mol. The number of carbonyl (C=O) groups excluding carboxylic acids is 1. The molecule has 0 aliphatic heterocycles. The van der Waals surface area contributed by atoms with Crippen LogP contribution in [0.5, 0.6) is 5.88 Å². The van der Waals surface area contributed by atoms with Crippen LogP contribution in [0, 0.1) is 0 Å². The Morgan fingerprint density at radius 3 is 2.69 bits per heavy atom. The molecule has 0 N–H and O–H groups in total. The van der Waals surface area contributed by atoms with E-state index < -0.39 is 24.4 Å². The molecule has 0 spiro atoms. The van der Waals surface area contributed by atoms with E-state index >= 15 is 0 Å². The molecule has 0 radical (unpaired) electrons. The molecular formula is C5H3F3N2O3. The first kappa shape index (κ1) is 9.49. The van der Waals surface area contributed by atoms with Crippen molar-refractivity contribution in [3.8, 4) is 5.88 Å². The molecule has 0 saturated heterocycles. The minimum absolute atomic E-state index is 0.183. The Morgan fingerprint density at radius 1 is 1.46 bits per heavy atom. The van der Waals surface area contributed by atoms with Crippen LogP contribution in [-0.2, 0) is 0 Å². The number of halogens is 3. The zero-order valence-corrected chi connectivity index (χ0v) is 6.04. The van der Waals surface area contributed by atoms with Gasteiger partial charge in [-0.2, -0.15) is 13.2 Å². The van der Waals surface area contributed by atoms with Crippen LogP contribution in [0.15, 0.2) is 4.63 Å². The van der Waals surface area contributed by atoms with Gasteiger partial charge in [0.25, 0.3) is 5.88 Å². The number of alkyl halides is 3. The van der Waals surface area contributed by atoms with E-state index in [-0.39, 0.29) is 6.29 Å². The van der Waals surface area contributed by atoms with E-state index in [1.54, 1.807) is 0 Å². The van der Waals surface area contributed by atoms with E-state index in [4.69, 9.17) is 0 Å². The fraction of sp³-hybridized carbons (Fsp3) is 0.400. The van der Waals surface area contributed by atoms with Crippen LogP contribution in [0.1, 0.15) is 10.5 Å². The third kappa shape index (κ3) is 2.73. The highest BCUT2D eigenvalue weighted by atomic mass is 19.4. The Bertz CT molecular complexity index is 295. The van der Waals surface area contributed by atoms with E-state index in [0.717, 1.165) is 0 Å². The van der Waals surface area contributed by atoms with Gasteiger partial charge in [-0.1, -0.05) is 0 Å². The minimum atomic E-state index is -4.49. The van der Waals surface area contributed by atoms with Crippen LogP contribution in [0.4, 0.5) is 13.2 Å². The number of aldehydes is 1. The zero-order chi connectivity index (χ0) is 9.90. The van der Waals surface area contributed by atoms with E-state index in [9.17, 15) is 18.0 Å². The summed E-state index contributed by atoms with van der Waals surface area (Å²) in [6.07, 6.45) is -4.30. The summed E-state index contributed by atoms with van der Waals surface area (Å²) in [4.78, 5) is 10.1. The van der Waals surface area contributed by atoms with Crippen molar-refractivity contribution in [1.82, 2.24) is 10.3 Å². The van der Waals surface area contributed by atoms with Crippen molar-refractivity contribution in [2.24, 2.45) is 0 Å². The topological polar surface area (TPSA) is 65.2 Å². The third-order valence-corrected chi connectivity index (χ3v) is 0.966. The smallest absolute Gasteiger partial charge is 0.422 e. The molecule has 0 amide bonds. The summed E-state index contributed by atoms with van der Waals surface area (Å²) in [6.45, 7) is -1.54. The van der Waals surface area contributed by atoms with E-state index in [2.05, 4.69) is 19.7 Å². The highest BCUT2D eigenvalue weighted by Crippen LogP contribution is 2.17. The molecule has 0 saturated carbocycles. The van der Waals surface area contributed by atoms with Crippen LogP contribution >= 0.6 is 0 Å². The molecule has 0 aliphatic carbocycles. The largest absolute Gasteiger partial charge is 0.464 e. The number of rotatable bonds is 3. The molecule has 13 heavy (non-hydrogen) atoms. The monoisotopic (exact) mass is 196 g/mol. The summed E-state index contributed by atoms with van der Waals surface area (Å²) < 4.78 is 42.9. The highest BCUT2D eigenvalue weighted by Gasteiger charge is 2.29. The van der Waals surface area contributed by atoms with Gasteiger partial charge in [-0.15, -0.1) is 0 Å². The van der Waals surface area contributed by atoms with Gasteiger partial charge in [0.1, 0.15) is 0 Å². The Balaban J connectivity index is 2.59. The van der Waals surface area contributed by atoms with Crippen molar-refractivity contribution in [3.05, 3.63) is 5.69 Å². The Hall–Kier alpha value is -1.60. The SMILES string of the molecule is O=Cc1nonc1OCC(F)(F)F. The Morgan fingerprint density at radius 2 is 2.15 bits per heavy atom. The van der Waals surface area contributed by atoms with E-state index in [1.165, 1.54) is 0 Å². The number of hydrogen-bond donors (Lipinski definition) is 0. The summed E-state index contributed by atoms with van der Waals surface area (Å²) in [5, 5.41) is 5.94. The van der Waals surface area contributed by atoms with E-state index in [0.29, 0.717) is 0 Å². The van der Waals surface area contributed by atoms with Crippen LogP contribution in [0.3, 0.4) is 0 Å². The van der Waals surface area contributed by atoms with Gasteiger partial charge < -0.3 is 4.74 Å². The fourth-order valence-corrected chi connectivity index (χ4v) is 0.510. The molecule has 1 aromatic heterocycles. The number of nitrogens with zero attached hydrogens (tertiary/aromatic N) is 2. The maximum absolute atomic E-state index is 11.6. The van der Waals surface area contributed by atoms with Gasteiger partial charge in [-0.3, -0.25) is 4.79 Å². The molecule has 72 valence electrons. The highest BCUT2D eigenvalue weighted by molar-refractivity contribution is 5.74. The van der Waals surface area contributed by atoms with Crippen molar-refractivity contribution >= 4 is 6.29 Å². The molecule has 1 heterocycles. The lowest BCUT2D eigenvalue weighted by Crippen LogP contribution is -2.19. The fourth-order valence-electron chi connectivity index (χ4n) is 0.510. The van der Waals surface area contributed by atoms with Gasteiger partial charge in [0.15, 0.2) is 12.9 Å². The average molecular weight is 196 g/mol. The number of hydrogen-bond acceptors (Lipinski definition) is 5. The molecule has 0 bridgehead atoms. The summed E-state index contributed by atoms with van der Waals surface area (Å²) in [5.74, 6) is -0.563. The van der Waals surface area contributed by atoms with Gasteiger partial charge in [0.05, 0.1) is 0 Å². The summed E-state index contributed by atoms with van der Waals surface area (Å²) in [6, 6.07) is 0. The number of aromatic nitrogens is 2. The van der Waals surface area contributed by atoms with Gasteiger partial charge in [-0.25, -0.2) is 4.63 Å². The second-order valence-electron chi connectivity index (χ2n) is 1.98. The van der Waals surface area contributed by atoms with Crippen LogP contribution in [0.25, 0.3) is 0 Å². The first-order valence-electron chi connectivity index (χ1n) is 3.00. The predicted octanol–water partition coefficient (Wildman–Crippen LogP) is 0.823. The van der Waals surface area contributed by atoms with Crippen molar-refractivity contribution in [3.63, 3.8) is 0 Å². The predicted molar refractivity (Wildman–Crippen MR) is 31.2 cm³/mol. The number of carbonyl (C=O) groups is 1. The van der Waals surface area contributed by atoms with Crippen molar-refractivity contribution < 1.29 is 27.3 Å². The molecule has 0 aliphatic rings. The average Bonchev–Trinajstić information content (AvgIpc) is 2.46. The lowest BCUT2D eigenvalue weighted by molar-refractivity contribution is -0.154. The van der Waals surface area contributed by atoms with Crippen LogP contribution < -0.4 is 4.74 Å². The molecule has 0 aromatic carbocycles. The maximum Gasteiger partial charge on any atom is 0.422 e.